The minimum absolute atomic E-state index is 0.0792. The van der Waals surface area contributed by atoms with E-state index in [-0.39, 0.29) is 18.4 Å². The van der Waals surface area contributed by atoms with E-state index in [1.165, 1.54) is 0 Å². The topological polar surface area (TPSA) is 131 Å². The van der Waals surface area contributed by atoms with Crippen molar-refractivity contribution in [1.82, 2.24) is 15.6 Å². The molecule has 110 valence electrons. The largest absolute Gasteiger partial charge is 0.340 e. The van der Waals surface area contributed by atoms with E-state index in [9.17, 15) is 24.5 Å². The van der Waals surface area contributed by atoms with E-state index in [4.69, 9.17) is 11.6 Å². The van der Waals surface area contributed by atoms with Gasteiger partial charge < -0.3 is 5.32 Å². The first-order valence-corrected chi connectivity index (χ1v) is 6.21. The number of carbonyl (C=O) groups is 3. The van der Waals surface area contributed by atoms with E-state index in [1.807, 2.05) is 0 Å². The summed E-state index contributed by atoms with van der Waals surface area (Å²) in [5.41, 5.74) is -0.936. The number of hydrogen-bond donors (Lipinski definition) is 2. The zero-order valence-corrected chi connectivity index (χ0v) is 11.2. The van der Waals surface area contributed by atoms with Gasteiger partial charge in [0.25, 0.3) is 5.91 Å². The van der Waals surface area contributed by atoms with Gasteiger partial charge >= 0.3 is 5.69 Å². The van der Waals surface area contributed by atoms with Crippen LogP contribution in [0, 0.1) is 10.1 Å². The Hall–Kier alpha value is -2.55. The number of aromatic nitrogens is 1. The molecule has 1 atom stereocenters. The summed E-state index contributed by atoms with van der Waals surface area (Å²) in [6, 6.07) is 0.201. The third-order valence-electron chi connectivity index (χ3n) is 2.85. The third kappa shape index (κ3) is 3.14. The fourth-order valence-electron chi connectivity index (χ4n) is 1.85. The van der Waals surface area contributed by atoms with Crippen molar-refractivity contribution in [1.29, 1.82) is 0 Å². The van der Waals surface area contributed by atoms with Gasteiger partial charge in [0.05, 0.1) is 4.92 Å². The first-order valence-electron chi connectivity index (χ1n) is 5.83. The van der Waals surface area contributed by atoms with Crippen molar-refractivity contribution in [2.24, 2.45) is 0 Å². The Kier molecular flexibility index (Phi) is 4.13. The van der Waals surface area contributed by atoms with Crippen LogP contribution in [0.4, 0.5) is 5.69 Å². The second-order valence-corrected chi connectivity index (χ2v) is 4.59. The van der Waals surface area contributed by atoms with E-state index in [0.29, 0.717) is 0 Å². The van der Waals surface area contributed by atoms with Gasteiger partial charge in [-0.05, 0) is 12.5 Å². The lowest BCUT2D eigenvalue weighted by atomic mass is 10.1. The average Bonchev–Trinajstić information content (AvgIpc) is 2.41. The van der Waals surface area contributed by atoms with Crippen LogP contribution >= 0.6 is 11.6 Å². The van der Waals surface area contributed by atoms with Crippen LogP contribution in [0.1, 0.15) is 23.2 Å². The molecule has 9 nitrogen and oxygen atoms in total. The van der Waals surface area contributed by atoms with E-state index in [2.05, 4.69) is 15.6 Å². The molecule has 0 spiro atoms. The molecule has 0 aliphatic carbocycles. The Morgan fingerprint density at radius 1 is 1.52 bits per heavy atom. The first kappa shape index (κ1) is 14.9. The number of nitrogens with one attached hydrogen (secondary N) is 2. The lowest BCUT2D eigenvalue weighted by Gasteiger charge is -2.21. The highest BCUT2D eigenvalue weighted by atomic mass is 35.5. The number of halogens is 1. The zero-order chi connectivity index (χ0) is 15.6. The van der Waals surface area contributed by atoms with Gasteiger partial charge in [0.1, 0.15) is 11.6 Å². The highest BCUT2D eigenvalue weighted by Crippen LogP contribution is 2.26. The summed E-state index contributed by atoms with van der Waals surface area (Å²) in [5.74, 6) is -1.91. The van der Waals surface area contributed by atoms with Crippen LogP contribution in [0.3, 0.4) is 0 Å². The second kappa shape index (κ2) is 5.83. The van der Waals surface area contributed by atoms with Gasteiger partial charge in [-0.3, -0.25) is 29.8 Å². The number of imide groups is 1. The normalized spacial score (nSPS) is 18.0. The summed E-state index contributed by atoms with van der Waals surface area (Å²) >= 11 is 5.60. The highest BCUT2D eigenvalue weighted by Gasteiger charge is 2.31. The third-order valence-corrected chi connectivity index (χ3v) is 3.13. The SMILES string of the molecule is O=C1CCC(NC(=O)c2ccnc(Cl)c2[N+](=O)[O-])C(=O)N1. The monoisotopic (exact) mass is 312 g/mol. The fraction of sp³-hybridized carbons (Fsp3) is 0.273. The molecule has 2 heterocycles. The molecule has 1 unspecified atom stereocenters. The molecule has 2 N–H and O–H groups in total. The molecule has 1 fully saturated rings. The summed E-state index contributed by atoms with van der Waals surface area (Å²) in [4.78, 5) is 48.2. The molecule has 0 saturated carbocycles. The van der Waals surface area contributed by atoms with Gasteiger partial charge in [0.2, 0.25) is 17.0 Å². The van der Waals surface area contributed by atoms with Crippen molar-refractivity contribution in [2.45, 2.75) is 18.9 Å². The Morgan fingerprint density at radius 2 is 2.24 bits per heavy atom. The zero-order valence-electron chi connectivity index (χ0n) is 10.5. The van der Waals surface area contributed by atoms with Crippen LogP contribution in [0.2, 0.25) is 5.15 Å². The Labute approximate surface area is 122 Å². The maximum Gasteiger partial charge on any atom is 0.319 e. The molecule has 1 aromatic heterocycles. The van der Waals surface area contributed by atoms with Gasteiger partial charge in [-0.2, -0.15) is 0 Å². The maximum atomic E-state index is 12.1. The van der Waals surface area contributed by atoms with Gasteiger partial charge in [-0.25, -0.2) is 4.98 Å². The Morgan fingerprint density at radius 3 is 2.86 bits per heavy atom. The standard InChI is InChI=1S/C11H9ClN4O5/c12-9-8(16(20)21)5(3-4-13-9)10(18)14-6-1-2-7(17)15-11(6)19/h3-4,6H,1-2H2,(H,14,18)(H,15,17,19). The van der Waals surface area contributed by atoms with Gasteiger partial charge in [0, 0.05) is 12.6 Å². The lowest BCUT2D eigenvalue weighted by Crippen LogP contribution is -2.52. The smallest absolute Gasteiger partial charge is 0.319 e. The van der Waals surface area contributed by atoms with E-state index in [0.717, 1.165) is 12.3 Å². The summed E-state index contributed by atoms with van der Waals surface area (Å²) in [7, 11) is 0. The quantitative estimate of drug-likeness (QED) is 0.354. The number of pyridine rings is 1. The lowest BCUT2D eigenvalue weighted by molar-refractivity contribution is -0.385. The molecule has 1 saturated heterocycles. The van der Waals surface area contributed by atoms with E-state index in [1.54, 1.807) is 0 Å². The molecule has 0 bridgehead atoms. The average molecular weight is 313 g/mol. The maximum absolute atomic E-state index is 12.1. The summed E-state index contributed by atoms with van der Waals surface area (Å²) in [6.45, 7) is 0. The number of nitrogens with zero attached hydrogens (tertiary/aromatic N) is 2. The fourth-order valence-corrected chi connectivity index (χ4v) is 2.08. The summed E-state index contributed by atoms with van der Waals surface area (Å²) in [6.07, 6.45) is 1.35. The van der Waals surface area contributed by atoms with Crippen LogP contribution < -0.4 is 10.6 Å². The number of piperidine rings is 1. The van der Waals surface area contributed by atoms with Crippen LogP contribution in [-0.2, 0) is 9.59 Å². The van der Waals surface area contributed by atoms with Gasteiger partial charge in [-0.1, -0.05) is 11.6 Å². The number of hydrogen-bond acceptors (Lipinski definition) is 6. The predicted octanol–water partition coefficient (Wildman–Crippen LogP) is 0.178. The molecule has 10 heteroatoms. The van der Waals surface area contributed by atoms with E-state index >= 15 is 0 Å². The number of nitro groups is 1. The van der Waals surface area contributed by atoms with Crippen LogP contribution in [-0.4, -0.2) is 33.7 Å². The first-order chi connectivity index (χ1) is 9.90. The van der Waals surface area contributed by atoms with Crippen LogP contribution in [0.15, 0.2) is 12.3 Å². The molecule has 0 radical (unpaired) electrons. The molecule has 1 aliphatic heterocycles. The number of carbonyl (C=O) groups excluding carboxylic acids is 3. The molecule has 1 aromatic rings. The van der Waals surface area contributed by atoms with Crippen molar-refractivity contribution < 1.29 is 19.3 Å². The predicted molar refractivity (Wildman–Crippen MR) is 69.5 cm³/mol. The van der Waals surface area contributed by atoms with Crippen LogP contribution in [0.25, 0.3) is 0 Å². The van der Waals surface area contributed by atoms with Crippen LogP contribution in [0.5, 0.6) is 0 Å². The van der Waals surface area contributed by atoms with Crippen molar-refractivity contribution in [2.75, 3.05) is 0 Å². The van der Waals surface area contributed by atoms with Crippen molar-refractivity contribution in [3.8, 4) is 0 Å². The summed E-state index contributed by atoms with van der Waals surface area (Å²) in [5, 5.41) is 14.9. The Bertz CT molecular complexity index is 648. The molecule has 1 aliphatic rings. The molecular weight excluding hydrogens is 304 g/mol. The minimum Gasteiger partial charge on any atom is -0.340 e. The minimum atomic E-state index is -0.929. The Balaban J connectivity index is 2.22. The molecule has 3 amide bonds. The summed E-state index contributed by atoms with van der Waals surface area (Å²) < 4.78 is 0. The molecule has 21 heavy (non-hydrogen) atoms. The van der Waals surface area contributed by atoms with Crippen molar-refractivity contribution >= 4 is 35.0 Å². The molecule has 2 rings (SSSR count). The highest BCUT2D eigenvalue weighted by molar-refractivity contribution is 6.32. The molecular formula is C11H9ClN4O5. The van der Waals surface area contributed by atoms with Gasteiger partial charge in [-0.15, -0.1) is 0 Å². The van der Waals surface area contributed by atoms with Gasteiger partial charge in [0.15, 0.2) is 0 Å². The number of rotatable bonds is 3. The second-order valence-electron chi connectivity index (χ2n) is 4.23. The number of amides is 3. The molecule has 0 aromatic carbocycles. The van der Waals surface area contributed by atoms with Crippen molar-refractivity contribution in [3.05, 3.63) is 33.1 Å². The van der Waals surface area contributed by atoms with E-state index < -0.39 is 39.5 Å². The van der Waals surface area contributed by atoms with Crippen molar-refractivity contribution in [3.63, 3.8) is 0 Å².